The van der Waals surface area contributed by atoms with Crippen LogP contribution in [0.1, 0.15) is 35.5 Å². The van der Waals surface area contributed by atoms with E-state index in [0.29, 0.717) is 31.9 Å². The summed E-state index contributed by atoms with van der Waals surface area (Å²) in [6.45, 7) is 8.14. The van der Waals surface area contributed by atoms with Gasteiger partial charge in [0.15, 0.2) is 0 Å². The van der Waals surface area contributed by atoms with E-state index in [1.165, 1.54) is 6.08 Å². The third kappa shape index (κ3) is 5.45. The number of aryl methyl sites for hydroxylation is 1. The van der Waals surface area contributed by atoms with E-state index in [1.54, 1.807) is 4.90 Å². The maximum absolute atomic E-state index is 13.5. The quantitative estimate of drug-likeness (QED) is 0.577. The van der Waals surface area contributed by atoms with Gasteiger partial charge in [0.05, 0.1) is 25.5 Å². The highest BCUT2D eigenvalue weighted by atomic mass is 19.4. The molecule has 0 bridgehead atoms. The van der Waals surface area contributed by atoms with E-state index in [2.05, 4.69) is 31.7 Å². The first-order chi connectivity index (χ1) is 17.7. The summed E-state index contributed by atoms with van der Waals surface area (Å²) in [5.74, 6) is 0.904. The van der Waals surface area contributed by atoms with Crippen molar-refractivity contribution in [3.63, 3.8) is 0 Å². The largest absolute Gasteiger partial charge is 0.469 e. The average Bonchev–Trinajstić information content (AvgIpc) is 2.84. The van der Waals surface area contributed by atoms with E-state index < -0.39 is 23.7 Å². The van der Waals surface area contributed by atoms with Gasteiger partial charge in [-0.1, -0.05) is 6.58 Å². The van der Waals surface area contributed by atoms with E-state index in [4.69, 9.17) is 14.5 Å². The third-order valence-electron chi connectivity index (χ3n) is 6.64. The molecule has 1 amide bonds. The minimum Gasteiger partial charge on any atom is -0.469 e. The SMILES string of the molecule is C=CC(=O)N1CCc2c(nc(C)nc2N2CCC[C@@H](Nc3ncc(C(F)(F)F)c(OC4COC4)n3)C2)C1. The second kappa shape index (κ2) is 10.1. The van der Waals surface area contributed by atoms with E-state index in [-0.39, 0.29) is 31.1 Å². The van der Waals surface area contributed by atoms with Crippen LogP contribution in [0.2, 0.25) is 0 Å². The number of nitrogens with zero attached hydrogens (tertiary/aromatic N) is 6. The van der Waals surface area contributed by atoms with Crippen molar-refractivity contribution in [3.8, 4) is 5.88 Å². The highest BCUT2D eigenvalue weighted by Gasteiger charge is 2.38. The number of piperidine rings is 1. The second-order valence-electron chi connectivity index (χ2n) is 9.35. The van der Waals surface area contributed by atoms with Gasteiger partial charge in [0.25, 0.3) is 0 Å². The highest BCUT2D eigenvalue weighted by molar-refractivity contribution is 5.87. The maximum atomic E-state index is 13.5. The van der Waals surface area contributed by atoms with Gasteiger partial charge in [-0.2, -0.15) is 18.2 Å². The first-order valence-electron chi connectivity index (χ1n) is 12.2. The predicted molar refractivity (Wildman–Crippen MR) is 127 cm³/mol. The smallest absolute Gasteiger partial charge is 0.423 e. The minimum absolute atomic E-state index is 0.0783. The molecule has 10 nitrogen and oxygen atoms in total. The Kier molecular flexibility index (Phi) is 6.88. The number of amides is 1. The summed E-state index contributed by atoms with van der Waals surface area (Å²) in [5.41, 5.74) is 0.831. The molecule has 0 spiro atoms. The molecule has 2 aromatic rings. The molecular formula is C24H28F3N7O3. The molecule has 2 saturated heterocycles. The Labute approximate surface area is 211 Å². The third-order valence-corrected chi connectivity index (χ3v) is 6.64. The van der Waals surface area contributed by atoms with Gasteiger partial charge in [-0.25, -0.2) is 15.0 Å². The van der Waals surface area contributed by atoms with Gasteiger partial charge in [0.1, 0.15) is 23.3 Å². The summed E-state index contributed by atoms with van der Waals surface area (Å²) < 4.78 is 50.8. The zero-order valence-electron chi connectivity index (χ0n) is 20.4. The molecule has 0 aromatic carbocycles. The van der Waals surface area contributed by atoms with Gasteiger partial charge in [0, 0.05) is 37.4 Å². The van der Waals surface area contributed by atoms with Crippen molar-refractivity contribution in [2.24, 2.45) is 0 Å². The molecule has 1 N–H and O–H groups in total. The first kappa shape index (κ1) is 25.2. The van der Waals surface area contributed by atoms with Crippen LogP contribution in [0.15, 0.2) is 18.9 Å². The van der Waals surface area contributed by atoms with Crippen LogP contribution in [0.5, 0.6) is 5.88 Å². The fourth-order valence-electron chi connectivity index (χ4n) is 4.74. The zero-order chi connectivity index (χ0) is 26.2. The van der Waals surface area contributed by atoms with Gasteiger partial charge < -0.3 is 24.6 Å². The number of fused-ring (bicyclic) bond motifs is 1. The van der Waals surface area contributed by atoms with Gasteiger partial charge in [-0.3, -0.25) is 4.79 Å². The molecule has 0 unspecified atom stereocenters. The van der Waals surface area contributed by atoms with Gasteiger partial charge in [-0.15, -0.1) is 0 Å². The number of halogens is 3. The van der Waals surface area contributed by atoms with Crippen LogP contribution in [0.25, 0.3) is 0 Å². The molecule has 2 fully saturated rings. The molecule has 3 aliphatic rings. The van der Waals surface area contributed by atoms with Crippen molar-refractivity contribution in [1.82, 2.24) is 24.8 Å². The van der Waals surface area contributed by atoms with Crippen LogP contribution in [-0.2, 0) is 28.7 Å². The van der Waals surface area contributed by atoms with Crippen molar-refractivity contribution in [2.75, 3.05) is 43.1 Å². The number of alkyl halides is 3. The van der Waals surface area contributed by atoms with Crippen LogP contribution < -0.4 is 15.0 Å². The fraction of sp³-hybridized carbons (Fsp3) is 0.542. The van der Waals surface area contributed by atoms with Crippen molar-refractivity contribution in [3.05, 3.63) is 41.5 Å². The minimum atomic E-state index is -4.63. The number of hydrogen-bond donors (Lipinski definition) is 1. The summed E-state index contributed by atoms with van der Waals surface area (Å²) in [4.78, 5) is 33.3. The lowest BCUT2D eigenvalue weighted by Gasteiger charge is -2.37. The molecule has 0 aliphatic carbocycles. The Morgan fingerprint density at radius 3 is 2.78 bits per heavy atom. The van der Waals surface area contributed by atoms with E-state index in [1.807, 2.05) is 6.92 Å². The Balaban J connectivity index is 1.33. The summed E-state index contributed by atoms with van der Waals surface area (Å²) >= 11 is 0. The van der Waals surface area contributed by atoms with Crippen LogP contribution >= 0.6 is 0 Å². The van der Waals surface area contributed by atoms with E-state index in [9.17, 15) is 18.0 Å². The topological polar surface area (TPSA) is 106 Å². The molecule has 37 heavy (non-hydrogen) atoms. The average molecular weight is 520 g/mol. The molecule has 2 aromatic heterocycles. The lowest BCUT2D eigenvalue weighted by Crippen LogP contribution is -2.44. The number of nitrogens with one attached hydrogen (secondary N) is 1. The molecule has 5 rings (SSSR count). The van der Waals surface area contributed by atoms with Crippen molar-refractivity contribution in [2.45, 2.75) is 51.1 Å². The van der Waals surface area contributed by atoms with Crippen LogP contribution in [0.3, 0.4) is 0 Å². The Hall–Kier alpha value is -3.48. The molecule has 0 saturated carbocycles. The maximum Gasteiger partial charge on any atom is 0.423 e. The lowest BCUT2D eigenvalue weighted by molar-refractivity contribution is -0.142. The first-order valence-corrected chi connectivity index (χ1v) is 12.2. The molecular weight excluding hydrogens is 491 g/mol. The summed E-state index contributed by atoms with van der Waals surface area (Å²) in [7, 11) is 0. The van der Waals surface area contributed by atoms with Crippen molar-refractivity contribution in [1.29, 1.82) is 0 Å². The predicted octanol–water partition coefficient (Wildman–Crippen LogP) is 2.52. The normalized spacial score (nSPS) is 20.2. The molecule has 5 heterocycles. The molecule has 3 aliphatic heterocycles. The Morgan fingerprint density at radius 1 is 1.27 bits per heavy atom. The number of aromatic nitrogens is 4. The second-order valence-corrected chi connectivity index (χ2v) is 9.35. The molecule has 13 heteroatoms. The van der Waals surface area contributed by atoms with Crippen LogP contribution in [0, 0.1) is 6.92 Å². The highest BCUT2D eigenvalue weighted by Crippen LogP contribution is 2.36. The number of anilines is 2. The van der Waals surface area contributed by atoms with Gasteiger partial charge in [-0.05, 0) is 32.3 Å². The van der Waals surface area contributed by atoms with Crippen molar-refractivity contribution < 1.29 is 27.4 Å². The van der Waals surface area contributed by atoms with E-state index in [0.717, 1.165) is 42.7 Å². The van der Waals surface area contributed by atoms with Crippen molar-refractivity contribution >= 4 is 17.7 Å². The molecule has 0 radical (unpaired) electrons. The molecule has 1 atom stereocenters. The zero-order valence-corrected chi connectivity index (χ0v) is 20.4. The Morgan fingerprint density at radius 2 is 2.08 bits per heavy atom. The van der Waals surface area contributed by atoms with Crippen LogP contribution in [-0.4, -0.2) is 75.7 Å². The standard InChI is InChI=1S/C24H28F3N7O3/c1-3-20(35)33-8-6-17-19(11-33)29-14(2)30-21(17)34-7-4-5-15(10-34)31-23-28-9-18(24(25,26)27)22(32-23)37-16-12-36-13-16/h3,9,15-16H,1,4-8,10-13H2,2H3,(H,28,31,32)/t15-/m1/s1. The van der Waals surface area contributed by atoms with Gasteiger partial charge in [0.2, 0.25) is 17.7 Å². The number of carbonyl (C=O) groups excluding carboxylic acids is 1. The monoisotopic (exact) mass is 519 g/mol. The van der Waals surface area contributed by atoms with Gasteiger partial charge >= 0.3 is 6.18 Å². The molecule has 198 valence electrons. The summed E-state index contributed by atoms with van der Waals surface area (Å²) in [5, 5.41) is 3.18. The summed E-state index contributed by atoms with van der Waals surface area (Å²) in [6.07, 6.45) is -0.755. The lowest BCUT2D eigenvalue weighted by atomic mass is 10.0. The fourth-order valence-corrected chi connectivity index (χ4v) is 4.74. The summed E-state index contributed by atoms with van der Waals surface area (Å²) in [6, 6.07) is -0.112. The number of hydrogen-bond acceptors (Lipinski definition) is 9. The van der Waals surface area contributed by atoms with E-state index >= 15 is 0 Å². The number of carbonyl (C=O) groups is 1. The van der Waals surface area contributed by atoms with Crippen LogP contribution in [0.4, 0.5) is 24.9 Å². The number of rotatable bonds is 6. The Bertz CT molecular complexity index is 1190. The number of ether oxygens (including phenoxy) is 2.